The van der Waals surface area contributed by atoms with Gasteiger partial charge in [0.15, 0.2) is 17.3 Å². The van der Waals surface area contributed by atoms with Gasteiger partial charge >= 0.3 is 6.18 Å². The quantitative estimate of drug-likeness (QED) is 0.691. The molecule has 0 saturated carbocycles. The number of phenols is 1. The van der Waals surface area contributed by atoms with Crippen LogP contribution in [0.5, 0.6) is 11.5 Å². The summed E-state index contributed by atoms with van der Waals surface area (Å²) in [5, 5.41) is 12.5. The summed E-state index contributed by atoms with van der Waals surface area (Å²) in [4.78, 5) is 16.4. The average molecular weight is 403 g/mol. The lowest BCUT2D eigenvalue weighted by Gasteiger charge is -2.25. The van der Waals surface area contributed by atoms with Crippen molar-refractivity contribution in [2.75, 3.05) is 12.4 Å². The molecule has 0 saturated heterocycles. The molecule has 3 aromatic rings. The normalized spacial score (nSPS) is 16.3. The molecule has 0 fully saturated rings. The van der Waals surface area contributed by atoms with Gasteiger partial charge in [0.2, 0.25) is 5.91 Å². The number of amides is 1. The van der Waals surface area contributed by atoms with Crippen LogP contribution in [0.2, 0.25) is 0 Å². The van der Waals surface area contributed by atoms with Crippen molar-refractivity contribution in [1.82, 2.24) is 9.55 Å². The van der Waals surface area contributed by atoms with Gasteiger partial charge < -0.3 is 19.7 Å². The minimum absolute atomic E-state index is 0.0527. The Morgan fingerprint density at radius 2 is 2.03 bits per heavy atom. The van der Waals surface area contributed by atoms with Crippen LogP contribution in [0.1, 0.15) is 29.2 Å². The number of rotatable bonds is 3. The van der Waals surface area contributed by atoms with Crippen LogP contribution in [0, 0.1) is 0 Å². The number of nitrogens with one attached hydrogen (secondary N) is 1. The van der Waals surface area contributed by atoms with Gasteiger partial charge in [-0.3, -0.25) is 4.79 Å². The molecule has 9 heteroatoms. The van der Waals surface area contributed by atoms with E-state index in [4.69, 9.17) is 4.74 Å². The van der Waals surface area contributed by atoms with E-state index in [1.54, 1.807) is 18.2 Å². The number of carbonyl (C=O) groups excluding carboxylic acids is 1. The van der Waals surface area contributed by atoms with Crippen LogP contribution < -0.4 is 10.1 Å². The fraction of sp³-hybridized carbons (Fsp3) is 0.200. The molecule has 0 spiro atoms. The summed E-state index contributed by atoms with van der Waals surface area (Å²) in [5.74, 6) is -0.270. The van der Waals surface area contributed by atoms with Crippen LogP contribution >= 0.6 is 0 Å². The van der Waals surface area contributed by atoms with Crippen LogP contribution in [0.3, 0.4) is 0 Å². The topological polar surface area (TPSA) is 76.4 Å². The number of imidazole rings is 1. The number of benzene rings is 2. The van der Waals surface area contributed by atoms with Crippen molar-refractivity contribution in [3.63, 3.8) is 0 Å². The summed E-state index contributed by atoms with van der Waals surface area (Å²) in [6.45, 7) is 0. The Balaban J connectivity index is 1.85. The number of aromatic nitrogens is 2. The monoisotopic (exact) mass is 403 g/mol. The third kappa shape index (κ3) is 3.39. The van der Waals surface area contributed by atoms with Gasteiger partial charge in [-0.05, 0) is 35.9 Å². The molecule has 1 aliphatic heterocycles. The van der Waals surface area contributed by atoms with Crippen LogP contribution in [-0.4, -0.2) is 27.7 Å². The molecule has 0 aliphatic carbocycles. The maximum Gasteiger partial charge on any atom is 0.416 e. The van der Waals surface area contributed by atoms with E-state index in [0.717, 1.165) is 12.1 Å². The Labute approximate surface area is 163 Å². The predicted molar refractivity (Wildman–Crippen MR) is 98.3 cm³/mol. The second-order valence-electron chi connectivity index (χ2n) is 6.63. The number of methoxy groups -OCH3 is 1. The molecule has 0 unspecified atom stereocenters. The van der Waals surface area contributed by atoms with Gasteiger partial charge in [0.05, 0.1) is 18.4 Å². The highest BCUT2D eigenvalue weighted by molar-refractivity contribution is 5.94. The van der Waals surface area contributed by atoms with Crippen molar-refractivity contribution >= 4 is 11.7 Å². The Morgan fingerprint density at radius 3 is 2.76 bits per heavy atom. The number of anilines is 1. The molecule has 0 bridgehead atoms. The summed E-state index contributed by atoms with van der Waals surface area (Å²) in [5.41, 5.74) is 0.724. The van der Waals surface area contributed by atoms with Crippen molar-refractivity contribution in [3.05, 3.63) is 65.6 Å². The third-order valence-corrected chi connectivity index (χ3v) is 4.84. The van der Waals surface area contributed by atoms with E-state index in [-0.39, 0.29) is 35.3 Å². The molecular weight excluding hydrogens is 387 g/mol. The first kappa shape index (κ1) is 18.9. The Morgan fingerprint density at radius 1 is 1.24 bits per heavy atom. The van der Waals surface area contributed by atoms with Gasteiger partial charge in [-0.15, -0.1) is 0 Å². The summed E-state index contributed by atoms with van der Waals surface area (Å²) in [6, 6.07) is 9.60. The SMILES string of the molecule is COc1cc([C@@H]2CC(=O)Nc3ncn(-c4cccc(C(F)(F)F)c4)c32)ccc1O. The summed E-state index contributed by atoms with van der Waals surface area (Å²) < 4.78 is 46.1. The molecule has 1 aromatic heterocycles. The number of halogens is 3. The molecule has 2 aromatic carbocycles. The van der Waals surface area contributed by atoms with E-state index < -0.39 is 17.7 Å². The number of alkyl halides is 3. The maximum absolute atomic E-state index is 13.1. The second-order valence-corrected chi connectivity index (χ2v) is 6.63. The number of hydrogen-bond donors (Lipinski definition) is 2. The van der Waals surface area contributed by atoms with E-state index >= 15 is 0 Å². The molecule has 1 amide bonds. The molecule has 1 aliphatic rings. The number of phenolic OH excluding ortho intramolecular Hbond substituents is 1. The van der Waals surface area contributed by atoms with Gasteiger partial charge in [-0.2, -0.15) is 13.2 Å². The van der Waals surface area contributed by atoms with Crippen LogP contribution in [0.4, 0.5) is 19.0 Å². The second kappa shape index (κ2) is 6.84. The van der Waals surface area contributed by atoms with Gasteiger partial charge in [-0.25, -0.2) is 4.98 Å². The van der Waals surface area contributed by atoms with E-state index in [9.17, 15) is 23.1 Å². The van der Waals surface area contributed by atoms with Crippen molar-refractivity contribution in [2.24, 2.45) is 0 Å². The Hall–Kier alpha value is -3.49. The zero-order chi connectivity index (χ0) is 20.8. The highest BCUT2D eigenvalue weighted by Crippen LogP contribution is 2.41. The largest absolute Gasteiger partial charge is 0.504 e. The van der Waals surface area contributed by atoms with E-state index in [2.05, 4.69) is 10.3 Å². The summed E-state index contributed by atoms with van der Waals surface area (Å²) in [7, 11) is 1.41. The number of ether oxygens (including phenoxy) is 1. The lowest BCUT2D eigenvalue weighted by molar-refractivity contribution is -0.137. The summed E-state index contributed by atoms with van der Waals surface area (Å²) in [6.07, 6.45) is -3.02. The minimum atomic E-state index is -4.48. The van der Waals surface area contributed by atoms with Crippen LogP contribution in [0.25, 0.3) is 5.69 Å². The predicted octanol–water partition coefficient (Wildman–Crippen LogP) is 4.08. The van der Waals surface area contributed by atoms with Gasteiger partial charge in [0.1, 0.15) is 6.33 Å². The Kier molecular flexibility index (Phi) is 4.45. The highest BCUT2D eigenvalue weighted by Gasteiger charge is 2.33. The maximum atomic E-state index is 13.1. The number of hydrogen-bond acceptors (Lipinski definition) is 4. The molecule has 2 N–H and O–H groups in total. The fourth-order valence-electron chi connectivity index (χ4n) is 3.48. The van der Waals surface area contributed by atoms with Crippen molar-refractivity contribution < 1.29 is 27.8 Å². The smallest absolute Gasteiger partial charge is 0.416 e. The first-order valence-electron chi connectivity index (χ1n) is 8.69. The fourth-order valence-corrected chi connectivity index (χ4v) is 3.48. The molecule has 29 heavy (non-hydrogen) atoms. The first-order chi connectivity index (χ1) is 13.8. The van der Waals surface area contributed by atoms with Crippen molar-refractivity contribution in [3.8, 4) is 17.2 Å². The number of nitrogens with zero attached hydrogens (tertiary/aromatic N) is 2. The van der Waals surface area contributed by atoms with Gasteiger partial charge in [0, 0.05) is 18.0 Å². The third-order valence-electron chi connectivity index (χ3n) is 4.84. The lowest BCUT2D eigenvalue weighted by atomic mass is 9.89. The summed E-state index contributed by atoms with van der Waals surface area (Å²) >= 11 is 0. The number of carbonyl (C=O) groups is 1. The Bertz CT molecular complexity index is 1090. The molecular formula is C20H16F3N3O3. The standard InChI is InChI=1S/C20H16F3N3O3/c1-29-16-7-11(5-6-15(16)27)14-9-17(28)25-19-18(14)26(10-24-19)13-4-2-3-12(8-13)20(21,22)23/h2-8,10,14,27H,9H2,1H3,(H,25,28)/t14-/m0/s1. The zero-order valence-corrected chi connectivity index (χ0v) is 15.2. The van der Waals surface area contributed by atoms with Crippen molar-refractivity contribution in [2.45, 2.75) is 18.5 Å². The zero-order valence-electron chi connectivity index (χ0n) is 15.2. The molecule has 4 rings (SSSR count). The minimum Gasteiger partial charge on any atom is -0.504 e. The van der Waals surface area contributed by atoms with Gasteiger partial charge in [0.25, 0.3) is 0 Å². The van der Waals surface area contributed by atoms with E-state index in [1.807, 2.05) is 0 Å². The average Bonchev–Trinajstić information content (AvgIpc) is 3.11. The number of fused-ring (bicyclic) bond motifs is 1. The molecule has 0 radical (unpaired) electrons. The molecule has 150 valence electrons. The number of aromatic hydroxyl groups is 1. The van der Waals surface area contributed by atoms with Gasteiger partial charge in [-0.1, -0.05) is 12.1 Å². The van der Waals surface area contributed by atoms with E-state index in [0.29, 0.717) is 11.3 Å². The lowest BCUT2D eigenvalue weighted by Crippen LogP contribution is -2.25. The molecule has 1 atom stereocenters. The molecule has 6 nitrogen and oxygen atoms in total. The highest BCUT2D eigenvalue weighted by atomic mass is 19.4. The van der Waals surface area contributed by atoms with Crippen LogP contribution in [0.15, 0.2) is 48.8 Å². The first-order valence-corrected chi connectivity index (χ1v) is 8.69. The van der Waals surface area contributed by atoms with Crippen molar-refractivity contribution in [1.29, 1.82) is 0 Å². The van der Waals surface area contributed by atoms with E-state index in [1.165, 1.54) is 30.1 Å². The van der Waals surface area contributed by atoms with Crippen LogP contribution in [-0.2, 0) is 11.0 Å². The molecule has 2 heterocycles.